The van der Waals surface area contributed by atoms with E-state index in [1.54, 1.807) is 12.1 Å². The number of non-ortho nitro benzene ring substituents is 1. The molecular weight excluding hydrogens is 758 g/mol. The van der Waals surface area contributed by atoms with Crippen LogP contribution >= 0.6 is 45.2 Å². The maximum atomic E-state index is 10.2. The second-order valence-electron chi connectivity index (χ2n) is 8.34. The summed E-state index contributed by atoms with van der Waals surface area (Å²) in [6.45, 7) is 16.3. The van der Waals surface area contributed by atoms with Crippen LogP contribution in [0.4, 0.5) is 11.4 Å². The highest BCUT2D eigenvalue weighted by molar-refractivity contribution is 14.1. The summed E-state index contributed by atoms with van der Waals surface area (Å²) in [7, 11) is 0. The molecule has 0 bridgehead atoms. The van der Waals surface area contributed by atoms with Crippen LogP contribution in [0.15, 0.2) is 97.1 Å². The molecule has 0 unspecified atom stereocenters. The Morgan fingerprint density at radius 2 is 0.860 bits per heavy atom. The monoisotopic (exact) mass is 814 g/mol. The lowest BCUT2D eigenvalue weighted by molar-refractivity contribution is -0.384. The van der Waals surface area contributed by atoms with Crippen molar-refractivity contribution in [1.82, 2.24) is 0 Å². The van der Waals surface area contributed by atoms with Crippen molar-refractivity contribution in [2.45, 2.75) is 75.7 Å². The van der Waals surface area contributed by atoms with Crippen LogP contribution in [0.2, 0.25) is 0 Å². The summed E-state index contributed by atoms with van der Waals surface area (Å²) in [6, 6.07) is 31.8. The Kier molecular flexibility index (Phi) is 35.8. The number of halogens is 2. The molecule has 0 spiro atoms. The van der Waals surface area contributed by atoms with Crippen LogP contribution in [0.1, 0.15) is 75.4 Å². The fourth-order valence-electron chi connectivity index (χ4n) is 3.07. The van der Waals surface area contributed by atoms with Gasteiger partial charge in [0.25, 0.3) is 5.69 Å². The Hall–Kier alpha value is -2.46. The maximum absolute atomic E-state index is 10.2. The first-order chi connectivity index (χ1) is 20.3. The molecule has 4 aromatic rings. The normalized spacial score (nSPS) is 8.28. The molecule has 0 amide bonds. The summed E-state index contributed by atoms with van der Waals surface area (Å²) in [5, 5.41) is 10.2. The van der Waals surface area contributed by atoms with E-state index in [1.807, 2.05) is 56.6 Å². The highest BCUT2D eigenvalue weighted by atomic mass is 127. The van der Waals surface area contributed by atoms with Crippen molar-refractivity contribution < 1.29 is 4.92 Å². The summed E-state index contributed by atoms with van der Waals surface area (Å²) in [6.07, 6.45) is 1.89. The van der Waals surface area contributed by atoms with Gasteiger partial charge in [0.15, 0.2) is 0 Å². The minimum Gasteiger partial charge on any atom is -0.399 e. The van der Waals surface area contributed by atoms with Gasteiger partial charge in [-0.2, -0.15) is 0 Å². The Labute approximate surface area is 291 Å². The van der Waals surface area contributed by atoms with Crippen molar-refractivity contribution >= 4 is 56.6 Å². The zero-order chi connectivity index (χ0) is 32.9. The van der Waals surface area contributed by atoms with Gasteiger partial charge in [0.1, 0.15) is 0 Å². The largest absolute Gasteiger partial charge is 0.399 e. The number of anilines is 1. The number of nitro groups is 1. The average Bonchev–Trinajstić information content (AvgIpc) is 3.05. The summed E-state index contributed by atoms with van der Waals surface area (Å²) in [5.74, 6) is 0. The molecule has 2 N–H and O–H groups in total. The smallest absolute Gasteiger partial charge is 0.269 e. The molecule has 4 nitrogen and oxygen atoms in total. The van der Waals surface area contributed by atoms with Gasteiger partial charge in [-0.15, -0.1) is 0 Å². The lowest BCUT2D eigenvalue weighted by Crippen LogP contribution is -1.89. The fraction of sp³-hybridized carbons (Fsp3) is 0.351. The molecule has 0 aliphatic rings. The van der Waals surface area contributed by atoms with Crippen LogP contribution in [-0.4, -0.2) is 14.8 Å². The van der Waals surface area contributed by atoms with Gasteiger partial charge in [-0.3, -0.25) is 10.1 Å². The van der Waals surface area contributed by atoms with E-state index in [1.165, 1.54) is 39.9 Å². The number of nitrogen functional groups attached to an aromatic ring is 1. The molecule has 4 rings (SSSR count). The third-order valence-electron chi connectivity index (χ3n) is 5.28. The minimum atomic E-state index is -0.389. The standard InChI is InChI=1S/C14H15N.C8H9NO2.C8H10.2C2H6.2CH3I.CH4/c1-11-2-4-12(5-3-11)10-13-6-8-14(15)9-7-13;1-2-7-3-5-8(6-4-7)9(10)11;1-7-3-5-8(2)6-4-7;4*1-2;/h2-9H,10,15H2,1H3;3-6H,2H2,1H3;3-6H,1-2H3;2*1-2H3;2*1H3;1H4. The van der Waals surface area contributed by atoms with Gasteiger partial charge in [0, 0.05) is 17.8 Å². The lowest BCUT2D eigenvalue weighted by atomic mass is 10.0. The van der Waals surface area contributed by atoms with Gasteiger partial charge >= 0.3 is 0 Å². The molecule has 0 aromatic heterocycles. The van der Waals surface area contributed by atoms with E-state index < -0.39 is 0 Å². The number of alkyl halides is 2. The molecule has 0 aliphatic heterocycles. The second kappa shape index (κ2) is 32.5. The second-order valence-corrected chi connectivity index (χ2v) is 8.34. The Bertz CT molecular complexity index is 1080. The highest BCUT2D eigenvalue weighted by Gasteiger charge is 2.01. The molecule has 4 aromatic carbocycles. The van der Waals surface area contributed by atoms with E-state index in [9.17, 15) is 10.1 Å². The molecule has 6 heteroatoms. The van der Waals surface area contributed by atoms with Crippen molar-refractivity contribution in [1.29, 1.82) is 0 Å². The minimum absolute atomic E-state index is 0. The van der Waals surface area contributed by atoms with Crippen LogP contribution in [0, 0.1) is 30.9 Å². The maximum Gasteiger partial charge on any atom is 0.269 e. The summed E-state index contributed by atoms with van der Waals surface area (Å²) in [5.41, 5.74) is 14.3. The first-order valence-corrected chi connectivity index (χ1v) is 18.5. The molecule has 0 fully saturated rings. The van der Waals surface area contributed by atoms with E-state index in [2.05, 4.69) is 127 Å². The van der Waals surface area contributed by atoms with Gasteiger partial charge in [0.2, 0.25) is 0 Å². The third-order valence-corrected chi connectivity index (χ3v) is 5.28. The first-order valence-electron chi connectivity index (χ1n) is 14.2. The summed E-state index contributed by atoms with van der Waals surface area (Å²) in [4.78, 5) is 13.8. The molecule has 0 saturated heterocycles. The number of nitrogens with two attached hydrogens (primary N) is 1. The van der Waals surface area contributed by atoms with Crippen molar-refractivity contribution in [2.24, 2.45) is 0 Å². The van der Waals surface area contributed by atoms with E-state index in [-0.39, 0.29) is 18.0 Å². The van der Waals surface area contributed by atoms with Crippen LogP contribution in [0.25, 0.3) is 0 Å². The van der Waals surface area contributed by atoms with Gasteiger partial charge < -0.3 is 5.73 Å². The predicted molar refractivity (Wildman–Crippen MR) is 213 cm³/mol. The molecule has 0 atom stereocenters. The van der Waals surface area contributed by atoms with Crippen molar-refractivity contribution in [3.8, 4) is 0 Å². The molecule has 0 saturated carbocycles. The zero-order valence-electron chi connectivity index (χ0n) is 27.2. The SMILES string of the molecule is C.CC.CC.CCc1ccc([N+](=O)[O-])cc1.CI.CI.Cc1ccc(C)cc1.Cc1ccc(Cc2ccc(N)cc2)cc1. The predicted octanol–water partition coefficient (Wildman–Crippen LogP) is 12.4. The number of hydrogen-bond donors (Lipinski definition) is 1. The molecular formula is C37H56I2N2O2. The van der Waals surface area contributed by atoms with Crippen molar-refractivity contribution in [3.63, 3.8) is 0 Å². The first kappa shape index (κ1) is 47.5. The lowest BCUT2D eigenvalue weighted by Gasteiger charge is -2.02. The van der Waals surface area contributed by atoms with E-state index in [4.69, 9.17) is 5.73 Å². The topological polar surface area (TPSA) is 69.2 Å². The van der Waals surface area contributed by atoms with Crippen molar-refractivity contribution in [2.75, 3.05) is 15.6 Å². The Balaban J connectivity index is -0.000000242. The van der Waals surface area contributed by atoms with Gasteiger partial charge in [-0.25, -0.2) is 0 Å². The molecule has 0 heterocycles. The van der Waals surface area contributed by atoms with Crippen LogP contribution in [0.3, 0.4) is 0 Å². The third kappa shape index (κ3) is 24.7. The van der Waals surface area contributed by atoms with Crippen LogP contribution in [0.5, 0.6) is 0 Å². The fourth-order valence-corrected chi connectivity index (χ4v) is 3.07. The number of benzene rings is 4. The summed E-state index contributed by atoms with van der Waals surface area (Å²) < 4.78 is 0. The Morgan fingerprint density at radius 3 is 1.16 bits per heavy atom. The van der Waals surface area contributed by atoms with Crippen molar-refractivity contribution in [3.05, 3.63) is 141 Å². The number of nitrogens with zero attached hydrogens (tertiary/aromatic N) is 1. The molecule has 0 aliphatic carbocycles. The van der Waals surface area contributed by atoms with E-state index >= 15 is 0 Å². The van der Waals surface area contributed by atoms with E-state index in [0.717, 1.165) is 24.1 Å². The number of hydrogen-bond acceptors (Lipinski definition) is 3. The zero-order valence-corrected chi connectivity index (χ0v) is 31.6. The quantitative estimate of drug-likeness (QED) is 0.0733. The molecule has 240 valence electrons. The summed E-state index contributed by atoms with van der Waals surface area (Å²) >= 11 is 4.30. The van der Waals surface area contributed by atoms with Gasteiger partial charge in [0.05, 0.1) is 4.92 Å². The highest BCUT2D eigenvalue weighted by Crippen LogP contribution is 2.13. The number of nitro benzene ring substituents is 1. The average molecular weight is 815 g/mol. The number of aryl methyl sites for hydroxylation is 4. The Morgan fingerprint density at radius 1 is 0.581 bits per heavy atom. The van der Waals surface area contributed by atoms with Gasteiger partial charge in [-0.05, 0) is 72.3 Å². The number of rotatable bonds is 4. The molecule has 0 radical (unpaired) electrons. The van der Waals surface area contributed by atoms with Gasteiger partial charge in [-0.1, -0.05) is 177 Å². The molecule has 43 heavy (non-hydrogen) atoms. The van der Waals surface area contributed by atoms with E-state index in [0.29, 0.717) is 0 Å². The van der Waals surface area contributed by atoms with Crippen LogP contribution in [-0.2, 0) is 12.8 Å². The van der Waals surface area contributed by atoms with Crippen LogP contribution < -0.4 is 5.73 Å².